The summed E-state index contributed by atoms with van der Waals surface area (Å²) in [6, 6.07) is 7.52. The van der Waals surface area contributed by atoms with Crippen molar-refractivity contribution in [3.05, 3.63) is 57.6 Å². The maximum Gasteiger partial charge on any atom is 0.339 e. The molecule has 3 aromatic rings. The van der Waals surface area contributed by atoms with Crippen molar-refractivity contribution in [3.63, 3.8) is 0 Å². The number of carbonyl (C=O) groups excluding carboxylic acids is 1. The number of rotatable bonds is 4. The SMILES string of the molecule is COC(=O)c1ccccc1S(=O)(=O)n1ncsc1=Nc1nc(C)cc(C)n1. The van der Waals surface area contributed by atoms with Crippen LogP contribution in [0.5, 0.6) is 0 Å². The minimum Gasteiger partial charge on any atom is -0.465 e. The van der Waals surface area contributed by atoms with E-state index in [0.717, 1.165) is 15.4 Å². The van der Waals surface area contributed by atoms with Gasteiger partial charge in [0.05, 0.1) is 12.7 Å². The summed E-state index contributed by atoms with van der Waals surface area (Å²) < 4.78 is 31.6. The number of hydrogen-bond donors (Lipinski definition) is 0. The van der Waals surface area contributed by atoms with Crippen molar-refractivity contribution in [3.8, 4) is 0 Å². The molecular weight excluding hydrogens is 390 g/mol. The molecule has 0 spiro atoms. The van der Waals surface area contributed by atoms with Crippen LogP contribution in [0.2, 0.25) is 0 Å². The van der Waals surface area contributed by atoms with Crippen LogP contribution in [-0.2, 0) is 14.8 Å². The summed E-state index contributed by atoms with van der Waals surface area (Å²) in [6.07, 6.45) is 0. The first-order valence-corrected chi connectivity index (χ1v) is 9.97. The molecule has 0 amide bonds. The third-order valence-electron chi connectivity index (χ3n) is 3.44. The zero-order valence-corrected chi connectivity index (χ0v) is 16.3. The van der Waals surface area contributed by atoms with Crippen molar-refractivity contribution < 1.29 is 17.9 Å². The average Bonchev–Trinajstić information content (AvgIpc) is 3.09. The van der Waals surface area contributed by atoms with Gasteiger partial charge in [-0.05, 0) is 32.0 Å². The van der Waals surface area contributed by atoms with Gasteiger partial charge in [-0.25, -0.2) is 14.8 Å². The number of carbonyl (C=O) groups is 1. The Bertz CT molecular complexity index is 1160. The zero-order chi connectivity index (χ0) is 19.6. The quantitative estimate of drug-likeness (QED) is 0.605. The lowest BCUT2D eigenvalue weighted by molar-refractivity contribution is 0.0596. The summed E-state index contributed by atoms with van der Waals surface area (Å²) >= 11 is 1.01. The molecule has 0 aliphatic heterocycles. The third-order valence-corrected chi connectivity index (χ3v) is 5.86. The Labute approximate surface area is 159 Å². The lowest BCUT2D eigenvalue weighted by Gasteiger charge is -2.08. The predicted molar refractivity (Wildman–Crippen MR) is 97.2 cm³/mol. The van der Waals surface area contributed by atoms with Gasteiger partial charge in [0, 0.05) is 11.4 Å². The van der Waals surface area contributed by atoms with Gasteiger partial charge in [0.15, 0.2) is 0 Å². The number of methoxy groups -OCH3 is 1. The maximum atomic E-state index is 13.1. The maximum absolute atomic E-state index is 13.1. The molecule has 0 radical (unpaired) electrons. The van der Waals surface area contributed by atoms with Crippen LogP contribution in [0, 0.1) is 13.8 Å². The highest BCUT2D eigenvalue weighted by atomic mass is 32.2. The average molecular weight is 405 g/mol. The summed E-state index contributed by atoms with van der Waals surface area (Å²) in [6.45, 7) is 3.58. The second kappa shape index (κ2) is 7.37. The molecule has 0 unspecified atom stereocenters. The Kier molecular flexibility index (Phi) is 5.15. The molecule has 2 heterocycles. The summed E-state index contributed by atoms with van der Waals surface area (Å²) in [7, 11) is -3.01. The predicted octanol–water partition coefficient (Wildman–Crippen LogP) is 1.61. The molecule has 11 heteroatoms. The van der Waals surface area contributed by atoms with Crippen LogP contribution in [-0.4, -0.2) is 40.7 Å². The van der Waals surface area contributed by atoms with E-state index < -0.39 is 16.0 Å². The van der Waals surface area contributed by atoms with Gasteiger partial charge >= 0.3 is 5.97 Å². The van der Waals surface area contributed by atoms with Crippen molar-refractivity contribution in [2.24, 2.45) is 4.99 Å². The van der Waals surface area contributed by atoms with Crippen LogP contribution >= 0.6 is 11.3 Å². The molecule has 1 aromatic carbocycles. The van der Waals surface area contributed by atoms with Crippen LogP contribution in [0.1, 0.15) is 21.7 Å². The van der Waals surface area contributed by atoms with Crippen LogP contribution in [0.25, 0.3) is 0 Å². The van der Waals surface area contributed by atoms with Gasteiger partial charge in [-0.15, -0.1) is 4.09 Å². The minimum atomic E-state index is -4.19. The topological polar surface area (TPSA) is 116 Å². The Morgan fingerprint density at radius 3 is 2.52 bits per heavy atom. The first-order valence-electron chi connectivity index (χ1n) is 7.65. The molecule has 0 bridgehead atoms. The van der Waals surface area contributed by atoms with E-state index in [1.165, 1.54) is 30.8 Å². The van der Waals surface area contributed by atoms with Gasteiger partial charge in [0.25, 0.3) is 16.0 Å². The standard InChI is InChI=1S/C16H15N5O4S2/c1-10-8-11(2)19-15(18-10)20-16-21(17-9-26-16)27(23,24)13-7-5-4-6-12(13)14(22)25-3/h4-9H,1-3H3. The Morgan fingerprint density at radius 1 is 1.19 bits per heavy atom. The Morgan fingerprint density at radius 2 is 1.85 bits per heavy atom. The van der Waals surface area contributed by atoms with E-state index in [2.05, 4.69) is 24.8 Å². The first-order chi connectivity index (χ1) is 12.8. The van der Waals surface area contributed by atoms with Crippen molar-refractivity contribution in [2.45, 2.75) is 18.7 Å². The van der Waals surface area contributed by atoms with Crippen LogP contribution in [0.3, 0.4) is 0 Å². The van der Waals surface area contributed by atoms with Crippen molar-refractivity contribution >= 4 is 33.3 Å². The summed E-state index contributed by atoms with van der Waals surface area (Å²) in [4.78, 5) is 24.3. The summed E-state index contributed by atoms with van der Waals surface area (Å²) in [5.74, 6) is -0.636. The van der Waals surface area contributed by atoms with E-state index in [0.29, 0.717) is 11.4 Å². The lowest BCUT2D eigenvalue weighted by atomic mass is 10.2. The molecule has 0 fully saturated rings. The van der Waals surface area contributed by atoms with Gasteiger partial charge in [-0.2, -0.15) is 18.5 Å². The Balaban J connectivity index is 2.18. The van der Waals surface area contributed by atoms with E-state index >= 15 is 0 Å². The second-order valence-electron chi connectivity index (χ2n) is 5.42. The molecule has 27 heavy (non-hydrogen) atoms. The van der Waals surface area contributed by atoms with E-state index in [4.69, 9.17) is 0 Å². The largest absolute Gasteiger partial charge is 0.465 e. The summed E-state index contributed by atoms with van der Waals surface area (Å²) in [5.41, 5.74) is 2.65. The zero-order valence-electron chi connectivity index (χ0n) is 14.6. The third kappa shape index (κ3) is 3.78. The van der Waals surface area contributed by atoms with E-state index in [-0.39, 0.29) is 21.2 Å². The monoisotopic (exact) mass is 405 g/mol. The highest BCUT2D eigenvalue weighted by Crippen LogP contribution is 2.18. The number of aromatic nitrogens is 4. The first kappa shape index (κ1) is 18.9. The number of nitrogens with zero attached hydrogens (tertiary/aromatic N) is 5. The molecule has 0 N–H and O–H groups in total. The highest BCUT2D eigenvalue weighted by molar-refractivity contribution is 7.90. The fourth-order valence-corrected chi connectivity index (χ4v) is 4.62. The van der Waals surface area contributed by atoms with Crippen molar-refractivity contribution in [2.75, 3.05) is 7.11 Å². The number of aryl methyl sites for hydroxylation is 2. The van der Waals surface area contributed by atoms with Crippen LogP contribution in [0.4, 0.5) is 5.95 Å². The fraction of sp³-hybridized carbons (Fsp3) is 0.188. The minimum absolute atomic E-state index is 0.0552. The smallest absolute Gasteiger partial charge is 0.339 e. The number of benzene rings is 1. The molecule has 3 rings (SSSR count). The molecule has 0 atom stereocenters. The van der Waals surface area contributed by atoms with Gasteiger partial charge in [0.2, 0.25) is 4.80 Å². The molecule has 0 saturated carbocycles. The second-order valence-corrected chi connectivity index (χ2v) is 7.97. The van der Waals surface area contributed by atoms with E-state index in [1.807, 2.05) is 0 Å². The van der Waals surface area contributed by atoms with E-state index in [1.54, 1.807) is 26.0 Å². The van der Waals surface area contributed by atoms with E-state index in [9.17, 15) is 13.2 Å². The molecule has 0 saturated heterocycles. The number of esters is 1. The van der Waals surface area contributed by atoms with Crippen molar-refractivity contribution in [1.29, 1.82) is 0 Å². The molecular formula is C16H15N5O4S2. The summed E-state index contributed by atoms with van der Waals surface area (Å²) in [5, 5.41) is 3.88. The van der Waals surface area contributed by atoms with Gasteiger partial charge in [0.1, 0.15) is 10.4 Å². The highest BCUT2D eigenvalue weighted by Gasteiger charge is 2.26. The van der Waals surface area contributed by atoms with Gasteiger partial charge in [-0.3, -0.25) is 0 Å². The molecule has 0 aliphatic carbocycles. The van der Waals surface area contributed by atoms with Crippen molar-refractivity contribution in [1.82, 2.24) is 19.2 Å². The Hall–Kier alpha value is -2.92. The molecule has 0 aliphatic rings. The van der Waals surface area contributed by atoms with Crippen LogP contribution in [0.15, 0.2) is 45.7 Å². The molecule has 2 aromatic heterocycles. The van der Waals surface area contributed by atoms with Crippen LogP contribution < -0.4 is 4.80 Å². The number of ether oxygens (including phenoxy) is 1. The fourth-order valence-electron chi connectivity index (χ4n) is 2.35. The number of hydrogen-bond acceptors (Lipinski definition) is 9. The van der Waals surface area contributed by atoms with Gasteiger partial charge < -0.3 is 4.74 Å². The van der Waals surface area contributed by atoms with Gasteiger partial charge in [-0.1, -0.05) is 23.5 Å². The lowest BCUT2D eigenvalue weighted by Crippen LogP contribution is -2.27. The normalized spacial score (nSPS) is 12.2. The molecule has 140 valence electrons. The molecule has 9 nitrogen and oxygen atoms in total.